The second-order valence-corrected chi connectivity index (χ2v) is 4.02. The molecule has 3 heterocycles. The van der Waals surface area contributed by atoms with Crippen LogP contribution in [-0.2, 0) is 4.74 Å². The quantitative estimate of drug-likeness (QED) is 0.657. The van der Waals surface area contributed by atoms with Gasteiger partial charge in [-0.25, -0.2) is 4.79 Å². The molecular weight excluding hydrogens is 242 g/mol. The van der Waals surface area contributed by atoms with Crippen molar-refractivity contribution in [3.63, 3.8) is 0 Å². The number of pyridine rings is 2. The summed E-state index contributed by atoms with van der Waals surface area (Å²) in [6.45, 7) is 0. The van der Waals surface area contributed by atoms with Crippen LogP contribution < -0.4 is 0 Å². The first-order valence-electron chi connectivity index (χ1n) is 5.75. The van der Waals surface area contributed by atoms with Gasteiger partial charge in [-0.2, -0.15) is 0 Å². The highest BCUT2D eigenvalue weighted by Crippen LogP contribution is 2.19. The Morgan fingerprint density at radius 1 is 1.32 bits per heavy atom. The predicted octanol–water partition coefficient (Wildman–Crippen LogP) is 2.21. The zero-order chi connectivity index (χ0) is 13.2. The van der Waals surface area contributed by atoms with E-state index in [0.29, 0.717) is 5.56 Å². The molecule has 0 unspecified atom stereocenters. The van der Waals surface area contributed by atoms with E-state index in [0.717, 1.165) is 16.7 Å². The lowest BCUT2D eigenvalue weighted by molar-refractivity contribution is 0.0600. The summed E-state index contributed by atoms with van der Waals surface area (Å²) in [6.07, 6.45) is 6.88. The van der Waals surface area contributed by atoms with Crippen LogP contribution in [0.3, 0.4) is 0 Å². The van der Waals surface area contributed by atoms with Crippen molar-refractivity contribution in [3.05, 3.63) is 54.6 Å². The minimum Gasteiger partial charge on any atom is -0.465 e. The van der Waals surface area contributed by atoms with Crippen LogP contribution in [0.15, 0.2) is 49.1 Å². The van der Waals surface area contributed by atoms with Gasteiger partial charge in [-0.3, -0.25) is 9.97 Å². The maximum absolute atomic E-state index is 11.5. The van der Waals surface area contributed by atoms with Gasteiger partial charge in [-0.05, 0) is 24.3 Å². The Morgan fingerprint density at radius 3 is 2.95 bits per heavy atom. The van der Waals surface area contributed by atoms with Crippen LogP contribution in [0.2, 0.25) is 0 Å². The Balaban J connectivity index is 2.19. The molecule has 0 saturated heterocycles. The SMILES string of the molecule is COC(=O)c1cnc2ccn(-c3cccnc3)c2c1. The van der Waals surface area contributed by atoms with Crippen molar-refractivity contribution < 1.29 is 9.53 Å². The Morgan fingerprint density at radius 2 is 2.21 bits per heavy atom. The second kappa shape index (κ2) is 4.53. The van der Waals surface area contributed by atoms with Gasteiger partial charge in [0.1, 0.15) is 0 Å². The summed E-state index contributed by atoms with van der Waals surface area (Å²) >= 11 is 0. The molecule has 19 heavy (non-hydrogen) atoms. The molecule has 0 saturated carbocycles. The third kappa shape index (κ3) is 1.95. The number of hydrogen-bond donors (Lipinski definition) is 0. The van der Waals surface area contributed by atoms with Crippen LogP contribution >= 0.6 is 0 Å². The van der Waals surface area contributed by atoms with Gasteiger partial charge in [0.05, 0.1) is 35.6 Å². The number of ether oxygens (including phenoxy) is 1. The smallest absolute Gasteiger partial charge is 0.339 e. The molecule has 0 aromatic carbocycles. The van der Waals surface area contributed by atoms with Gasteiger partial charge < -0.3 is 9.30 Å². The number of hydrogen-bond acceptors (Lipinski definition) is 4. The molecular formula is C14H11N3O2. The Kier molecular flexibility index (Phi) is 2.72. The molecule has 0 aliphatic heterocycles. The van der Waals surface area contributed by atoms with Gasteiger partial charge in [0.2, 0.25) is 0 Å². The average molecular weight is 253 g/mol. The summed E-state index contributed by atoms with van der Waals surface area (Å²) in [7, 11) is 1.35. The van der Waals surface area contributed by atoms with Crippen molar-refractivity contribution in [1.82, 2.24) is 14.5 Å². The number of nitrogens with zero attached hydrogens (tertiary/aromatic N) is 3. The molecule has 3 aromatic rings. The molecule has 0 N–H and O–H groups in total. The average Bonchev–Trinajstić information content (AvgIpc) is 2.90. The van der Waals surface area contributed by atoms with Crippen molar-refractivity contribution in [3.8, 4) is 5.69 Å². The molecule has 0 spiro atoms. The molecule has 0 radical (unpaired) electrons. The van der Waals surface area contributed by atoms with Gasteiger partial charge in [0.15, 0.2) is 0 Å². The second-order valence-electron chi connectivity index (χ2n) is 4.02. The monoisotopic (exact) mass is 253 g/mol. The fraction of sp³-hybridized carbons (Fsp3) is 0.0714. The highest BCUT2D eigenvalue weighted by atomic mass is 16.5. The van der Waals surface area contributed by atoms with Crippen molar-refractivity contribution in [2.45, 2.75) is 0 Å². The summed E-state index contributed by atoms with van der Waals surface area (Å²) in [5.41, 5.74) is 3.01. The number of carbonyl (C=O) groups excluding carboxylic acids is 1. The summed E-state index contributed by atoms with van der Waals surface area (Å²) < 4.78 is 6.64. The van der Waals surface area contributed by atoms with Crippen molar-refractivity contribution in [1.29, 1.82) is 0 Å². The lowest BCUT2D eigenvalue weighted by atomic mass is 10.2. The number of rotatable bonds is 2. The third-order valence-electron chi connectivity index (χ3n) is 2.88. The largest absolute Gasteiger partial charge is 0.465 e. The minimum absolute atomic E-state index is 0.395. The first-order chi connectivity index (χ1) is 9.29. The minimum atomic E-state index is -0.395. The maximum Gasteiger partial charge on any atom is 0.339 e. The highest BCUT2D eigenvalue weighted by Gasteiger charge is 2.10. The van der Waals surface area contributed by atoms with E-state index in [9.17, 15) is 4.79 Å². The van der Waals surface area contributed by atoms with Crippen LogP contribution in [-0.4, -0.2) is 27.6 Å². The van der Waals surface area contributed by atoms with E-state index in [1.807, 2.05) is 29.0 Å². The lowest BCUT2D eigenvalue weighted by Crippen LogP contribution is -2.02. The van der Waals surface area contributed by atoms with Crippen LogP contribution in [0.4, 0.5) is 0 Å². The van der Waals surface area contributed by atoms with Crippen LogP contribution in [0.1, 0.15) is 10.4 Å². The normalized spacial score (nSPS) is 10.6. The predicted molar refractivity (Wildman–Crippen MR) is 70.2 cm³/mol. The Labute approximate surface area is 109 Å². The third-order valence-corrected chi connectivity index (χ3v) is 2.88. The van der Waals surface area contributed by atoms with E-state index in [1.165, 1.54) is 13.3 Å². The van der Waals surface area contributed by atoms with E-state index >= 15 is 0 Å². The van der Waals surface area contributed by atoms with Gasteiger partial charge >= 0.3 is 5.97 Å². The fourth-order valence-corrected chi connectivity index (χ4v) is 1.96. The van der Waals surface area contributed by atoms with E-state index in [-0.39, 0.29) is 0 Å². The number of aromatic nitrogens is 3. The van der Waals surface area contributed by atoms with Gasteiger partial charge in [0, 0.05) is 18.6 Å². The summed E-state index contributed by atoms with van der Waals surface area (Å²) in [4.78, 5) is 19.9. The molecule has 0 atom stereocenters. The van der Waals surface area contributed by atoms with Crippen LogP contribution in [0.25, 0.3) is 16.7 Å². The first kappa shape index (κ1) is 11.4. The molecule has 94 valence electrons. The molecule has 3 rings (SSSR count). The Hall–Kier alpha value is -2.69. The van der Waals surface area contributed by atoms with Gasteiger partial charge in [-0.1, -0.05) is 0 Å². The molecule has 5 heteroatoms. The zero-order valence-corrected chi connectivity index (χ0v) is 10.3. The van der Waals surface area contributed by atoms with Crippen molar-refractivity contribution >= 4 is 17.0 Å². The van der Waals surface area contributed by atoms with Crippen molar-refractivity contribution in [2.24, 2.45) is 0 Å². The topological polar surface area (TPSA) is 57.0 Å². The summed E-state index contributed by atoms with van der Waals surface area (Å²) in [5, 5.41) is 0. The van der Waals surface area contributed by atoms with E-state index in [4.69, 9.17) is 4.74 Å². The number of fused-ring (bicyclic) bond motifs is 1. The first-order valence-corrected chi connectivity index (χ1v) is 5.75. The fourth-order valence-electron chi connectivity index (χ4n) is 1.96. The number of methoxy groups -OCH3 is 1. The molecule has 5 nitrogen and oxygen atoms in total. The van der Waals surface area contributed by atoms with E-state index in [2.05, 4.69) is 9.97 Å². The van der Waals surface area contributed by atoms with Crippen LogP contribution in [0, 0.1) is 0 Å². The summed E-state index contributed by atoms with van der Waals surface area (Å²) in [6, 6.07) is 7.46. The molecule has 0 bridgehead atoms. The van der Waals surface area contributed by atoms with Gasteiger partial charge in [-0.15, -0.1) is 0 Å². The summed E-state index contributed by atoms with van der Waals surface area (Å²) in [5.74, 6) is -0.395. The van der Waals surface area contributed by atoms with E-state index in [1.54, 1.807) is 18.5 Å². The van der Waals surface area contributed by atoms with Gasteiger partial charge in [0.25, 0.3) is 0 Å². The maximum atomic E-state index is 11.5. The standard InChI is InChI=1S/C14H11N3O2/c1-19-14(18)10-7-13-12(16-8-10)4-6-17(13)11-3-2-5-15-9-11/h2-9H,1H3. The molecule has 3 aromatic heterocycles. The zero-order valence-electron chi connectivity index (χ0n) is 10.3. The molecule has 0 aliphatic carbocycles. The number of esters is 1. The van der Waals surface area contributed by atoms with Crippen molar-refractivity contribution in [2.75, 3.05) is 7.11 Å². The lowest BCUT2D eigenvalue weighted by Gasteiger charge is -2.05. The van der Waals surface area contributed by atoms with E-state index < -0.39 is 5.97 Å². The number of carbonyl (C=O) groups is 1. The Bertz CT molecular complexity index is 735. The molecule has 0 amide bonds. The highest BCUT2D eigenvalue weighted by molar-refractivity contribution is 5.93. The molecule has 0 fully saturated rings. The van der Waals surface area contributed by atoms with Crippen LogP contribution in [0.5, 0.6) is 0 Å². The molecule has 0 aliphatic rings.